The molecule has 0 aromatic rings. The van der Waals surface area contributed by atoms with E-state index in [9.17, 15) is 0 Å². The van der Waals surface area contributed by atoms with Crippen LogP contribution in [0, 0.1) is 0 Å². The second kappa shape index (κ2) is 11.6. The Bertz CT molecular complexity index is 162. The quantitative estimate of drug-likeness (QED) is 0.299. The predicted molar refractivity (Wildman–Crippen MR) is 84.5 cm³/mol. The van der Waals surface area contributed by atoms with Crippen LogP contribution < -0.4 is 0 Å². The fraction of sp³-hybridized carbons (Fsp3) is 0.875. The van der Waals surface area contributed by atoms with E-state index in [1.54, 1.807) is 13.1 Å². The first-order valence-corrected chi connectivity index (χ1v) is 14.9. The standard InChI is InChI=1S/3C4H9.C4H7.Sb/c4*1-3-4-2;/h3*1,3-4H2,2H3;3-4H,1H2,2H3;/q;;;;+1/b;;;4-3+;. The Morgan fingerprint density at radius 2 is 1.18 bits per heavy atom. The molecule has 0 N–H and O–H groups in total. The molecule has 0 aromatic carbocycles. The number of allylic oxidation sites excluding steroid dienone is 2. The summed E-state index contributed by atoms with van der Waals surface area (Å²) in [5.41, 5.74) is 0. The van der Waals surface area contributed by atoms with E-state index in [1.165, 1.54) is 42.9 Å². The molecule has 0 saturated heterocycles. The fourth-order valence-electron chi connectivity index (χ4n) is 2.42. The van der Waals surface area contributed by atoms with E-state index < -0.39 is 18.8 Å². The van der Waals surface area contributed by atoms with E-state index in [4.69, 9.17) is 0 Å². The molecule has 0 aliphatic heterocycles. The van der Waals surface area contributed by atoms with Crippen molar-refractivity contribution in [1.29, 1.82) is 0 Å². The van der Waals surface area contributed by atoms with Crippen molar-refractivity contribution in [3.05, 3.63) is 12.2 Å². The van der Waals surface area contributed by atoms with Gasteiger partial charge in [0.25, 0.3) is 0 Å². The molecule has 0 aliphatic carbocycles. The summed E-state index contributed by atoms with van der Waals surface area (Å²) in [5, 5.41) is 0. The molecule has 0 rings (SSSR count). The summed E-state index contributed by atoms with van der Waals surface area (Å²) >= 11 is -1.66. The van der Waals surface area contributed by atoms with Gasteiger partial charge in [-0.3, -0.25) is 0 Å². The molecule has 0 amide bonds. The van der Waals surface area contributed by atoms with Crippen LogP contribution in [0.5, 0.6) is 0 Å². The third-order valence-corrected chi connectivity index (χ3v) is 17.3. The maximum atomic E-state index is 2.49. The molecular weight excluding hydrogens is 314 g/mol. The summed E-state index contributed by atoms with van der Waals surface area (Å²) < 4.78 is 6.42. The minimum absolute atomic E-state index is 1.39. The maximum absolute atomic E-state index is 2.49. The number of unbranched alkanes of at least 4 members (excludes halogenated alkanes) is 3. The van der Waals surface area contributed by atoms with E-state index in [0.29, 0.717) is 0 Å². The van der Waals surface area contributed by atoms with Crippen molar-refractivity contribution in [2.75, 3.05) is 0 Å². The molecule has 102 valence electrons. The molecule has 0 radical (unpaired) electrons. The summed E-state index contributed by atoms with van der Waals surface area (Å²) in [5.74, 6) is 0. The predicted octanol–water partition coefficient (Wildman–Crippen LogP) is 6.41. The number of hydrogen-bond acceptors (Lipinski definition) is 0. The van der Waals surface area contributed by atoms with Crippen molar-refractivity contribution >= 4 is 18.8 Å². The molecule has 0 unspecified atom stereocenters. The first-order valence-electron chi connectivity index (χ1n) is 7.71. The second-order valence-electron chi connectivity index (χ2n) is 5.32. The average molecular weight is 348 g/mol. The summed E-state index contributed by atoms with van der Waals surface area (Å²) in [7, 11) is 0. The Hall–Kier alpha value is 0.558. The summed E-state index contributed by atoms with van der Waals surface area (Å²) in [6, 6.07) is 0. The van der Waals surface area contributed by atoms with Gasteiger partial charge in [-0.1, -0.05) is 0 Å². The molecule has 0 fully saturated rings. The Morgan fingerprint density at radius 3 is 1.47 bits per heavy atom. The zero-order valence-electron chi connectivity index (χ0n) is 12.7. The Balaban J connectivity index is 4.50. The van der Waals surface area contributed by atoms with Crippen molar-refractivity contribution in [2.45, 2.75) is 83.7 Å². The second-order valence-corrected chi connectivity index (χ2v) is 17.9. The molecule has 0 aliphatic rings. The molecule has 0 bridgehead atoms. The molecule has 0 heterocycles. The van der Waals surface area contributed by atoms with Crippen molar-refractivity contribution in [3.63, 3.8) is 0 Å². The third-order valence-electron chi connectivity index (χ3n) is 3.69. The summed E-state index contributed by atoms with van der Waals surface area (Å²) in [6.45, 7) is 9.24. The SMILES string of the molecule is C/C=C/[CH2][Sb+]([CH2]CCC)([CH2]CCC)[CH2]CCC. The summed E-state index contributed by atoms with van der Waals surface area (Å²) in [4.78, 5) is 0. The van der Waals surface area contributed by atoms with Crippen LogP contribution in [0.4, 0.5) is 0 Å². The molecule has 0 atom stereocenters. The molecule has 17 heavy (non-hydrogen) atoms. The molecule has 0 aromatic heterocycles. The van der Waals surface area contributed by atoms with Gasteiger partial charge in [-0.25, -0.2) is 0 Å². The van der Waals surface area contributed by atoms with E-state index in [1.807, 2.05) is 0 Å². The van der Waals surface area contributed by atoms with E-state index >= 15 is 0 Å². The molecule has 0 nitrogen and oxygen atoms in total. The van der Waals surface area contributed by atoms with Gasteiger partial charge in [-0.15, -0.1) is 0 Å². The molecule has 0 spiro atoms. The van der Waals surface area contributed by atoms with Crippen LogP contribution in [-0.4, -0.2) is 18.8 Å². The zero-order valence-corrected chi connectivity index (χ0v) is 15.2. The van der Waals surface area contributed by atoms with Gasteiger partial charge in [0.05, 0.1) is 0 Å². The van der Waals surface area contributed by atoms with Crippen LogP contribution in [0.15, 0.2) is 12.2 Å². The Labute approximate surface area is 114 Å². The van der Waals surface area contributed by atoms with Crippen LogP contribution in [0.25, 0.3) is 0 Å². The van der Waals surface area contributed by atoms with Crippen LogP contribution in [-0.2, 0) is 0 Å². The van der Waals surface area contributed by atoms with Crippen LogP contribution >= 0.6 is 0 Å². The van der Waals surface area contributed by atoms with Gasteiger partial charge in [0, 0.05) is 0 Å². The van der Waals surface area contributed by atoms with E-state index in [0.717, 1.165) is 0 Å². The van der Waals surface area contributed by atoms with Gasteiger partial charge < -0.3 is 0 Å². The van der Waals surface area contributed by atoms with E-state index in [-0.39, 0.29) is 0 Å². The van der Waals surface area contributed by atoms with Crippen molar-refractivity contribution < 1.29 is 0 Å². The number of rotatable bonds is 11. The zero-order chi connectivity index (χ0) is 13.0. The van der Waals surface area contributed by atoms with Gasteiger partial charge in [0.1, 0.15) is 0 Å². The third kappa shape index (κ3) is 8.30. The van der Waals surface area contributed by atoms with Crippen LogP contribution in [0.3, 0.4) is 0 Å². The van der Waals surface area contributed by atoms with Gasteiger partial charge in [0.2, 0.25) is 0 Å². The van der Waals surface area contributed by atoms with Gasteiger partial charge in [-0.2, -0.15) is 0 Å². The average Bonchev–Trinajstić information content (AvgIpc) is 2.37. The molecule has 0 saturated carbocycles. The first-order chi connectivity index (χ1) is 8.24. The molecule has 1 heteroatoms. The summed E-state index contributed by atoms with van der Waals surface area (Å²) in [6.07, 6.45) is 13.4. The Kier molecular flexibility index (Phi) is 12.0. The normalized spacial score (nSPS) is 12.5. The number of hydrogen-bond donors (Lipinski definition) is 0. The minimum atomic E-state index is -1.66. The van der Waals surface area contributed by atoms with Crippen LogP contribution in [0.2, 0.25) is 17.5 Å². The molecular formula is C16H34Sb+. The van der Waals surface area contributed by atoms with Gasteiger partial charge >= 0.3 is 115 Å². The van der Waals surface area contributed by atoms with Gasteiger partial charge in [0.15, 0.2) is 0 Å². The Morgan fingerprint density at radius 1 is 0.765 bits per heavy atom. The van der Waals surface area contributed by atoms with Crippen molar-refractivity contribution in [1.82, 2.24) is 0 Å². The fourth-order valence-corrected chi connectivity index (χ4v) is 16.2. The van der Waals surface area contributed by atoms with Crippen molar-refractivity contribution in [2.24, 2.45) is 0 Å². The van der Waals surface area contributed by atoms with Gasteiger partial charge in [-0.05, 0) is 0 Å². The first kappa shape index (κ1) is 17.6. The monoisotopic (exact) mass is 347 g/mol. The van der Waals surface area contributed by atoms with Crippen LogP contribution in [0.1, 0.15) is 66.2 Å². The van der Waals surface area contributed by atoms with Crippen molar-refractivity contribution in [3.8, 4) is 0 Å². The van der Waals surface area contributed by atoms with E-state index in [2.05, 4.69) is 39.8 Å². The topological polar surface area (TPSA) is 0 Å².